The smallest absolute Gasteiger partial charge is 0.324 e. The molecule has 2 rings (SSSR count). The minimum atomic E-state index is -0.454. The van der Waals surface area contributed by atoms with Crippen molar-refractivity contribution < 1.29 is 9.59 Å². The van der Waals surface area contributed by atoms with Gasteiger partial charge in [0.1, 0.15) is 5.88 Å². The summed E-state index contributed by atoms with van der Waals surface area (Å²) in [6.45, 7) is 1.31. The first-order chi connectivity index (χ1) is 8.70. The van der Waals surface area contributed by atoms with Crippen LogP contribution in [0, 0.1) is 0 Å². The molecule has 0 spiro atoms. The second-order valence-corrected chi connectivity index (χ2v) is 4.60. The molecule has 18 heavy (non-hydrogen) atoms. The Morgan fingerprint density at radius 2 is 2.06 bits per heavy atom. The van der Waals surface area contributed by atoms with Gasteiger partial charge in [-0.25, -0.2) is 4.79 Å². The number of amides is 3. The summed E-state index contributed by atoms with van der Waals surface area (Å²) in [7, 11) is 0. The van der Waals surface area contributed by atoms with E-state index in [0.717, 1.165) is 6.42 Å². The number of nitrogens with zero attached hydrogens (tertiary/aromatic N) is 1. The molecule has 0 saturated carbocycles. The van der Waals surface area contributed by atoms with Gasteiger partial charge in [-0.1, -0.05) is 30.3 Å². The van der Waals surface area contributed by atoms with Gasteiger partial charge in [-0.05, 0) is 12.0 Å². The molecule has 4 nitrogen and oxygen atoms in total. The highest BCUT2D eigenvalue weighted by molar-refractivity contribution is 6.28. The van der Waals surface area contributed by atoms with E-state index in [2.05, 4.69) is 17.4 Å². The van der Waals surface area contributed by atoms with Crippen LogP contribution in [0.1, 0.15) is 17.9 Å². The Kier molecular flexibility index (Phi) is 4.20. The van der Waals surface area contributed by atoms with Crippen molar-refractivity contribution in [1.82, 2.24) is 10.2 Å². The molecule has 0 radical (unpaired) electrons. The molecule has 1 heterocycles. The average molecular weight is 267 g/mol. The van der Waals surface area contributed by atoms with E-state index in [0.29, 0.717) is 19.0 Å². The highest BCUT2D eigenvalue weighted by Crippen LogP contribution is 2.26. The number of carbonyl (C=O) groups is 2. The fraction of sp³-hybridized carbons (Fsp3) is 0.385. The maximum absolute atomic E-state index is 11.7. The molecule has 1 aliphatic rings. The molecule has 1 saturated heterocycles. The molecule has 0 aliphatic carbocycles. The third-order valence-corrected chi connectivity index (χ3v) is 3.36. The standard InChI is InChI=1S/C13H15ClN2O2/c14-8-12(17)15-13(18)16-7-6-11(9-16)10-4-2-1-3-5-10/h1-5,11H,6-9H2,(H,15,17,18). The number of benzene rings is 1. The fourth-order valence-electron chi connectivity index (χ4n) is 2.17. The molecular formula is C13H15ClN2O2. The van der Waals surface area contributed by atoms with Gasteiger partial charge in [-0.2, -0.15) is 0 Å². The summed E-state index contributed by atoms with van der Waals surface area (Å²) >= 11 is 5.34. The Labute approximate surface area is 111 Å². The van der Waals surface area contributed by atoms with Crippen LogP contribution in [0.25, 0.3) is 0 Å². The lowest BCUT2D eigenvalue weighted by Gasteiger charge is -2.16. The molecule has 96 valence electrons. The molecular weight excluding hydrogens is 252 g/mol. The molecule has 1 aromatic rings. The predicted octanol–water partition coefficient (Wildman–Crippen LogP) is 1.95. The maximum atomic E-state index is 11.7. The second-order valence-electron chi connectivity index (χ2n) is 4.33. The molecule has 3 amide bonds. The van der Waals surface area contributed by atoms with E-state index in [1.54, 1.807) is 4.90 Å². The number of likely N-dealkylation sites (tertiary alicyclic amines) is 1. The van der Waals surface area contributed by atoms with Crippen LogP contribution in [0.5, 0.6) is 0 Å². The van der Waals surface area contributed by atoms with E-state index >= 15 is 0 Å². The van der Waals surface area contributed by atoms with Crippen LogP contribution >= 0.6 is 11.6 Å². The van der Waals surface area contributed by atoms with Crippen LogP contribution in [0.3, 0.4) is 0 Å². The molecule has 1 aromatic carbocycles. The SMILES string of the molecule is O=C(CCl)NC(=O)N1CCC(c2ccccc2)C1. The molecule has 1 atom stereocenters. The van der Waals surface area contributed by atoms with Crippen molar-refractivity contribution >= 4 is 23.5 Å². The van der Waals surface area contributed by atoms with Gasteiger partial charge in [0.05, 0.1) is 0 Å². The molecule has 1 fully saturated rings. The normalized spacial score (nSPS) is 18.7. The van der Waals surface area contributed by atoms with Crippen molar-refractivity contribution in [3.8, 4) is 0 Å². The van der Waals surface area contributed by atoms with E-state index in [4.69, 9.17) is 11.6 Å². The van der Waals surface area contributed by atoms with Crippen LogP contribution < -0.4 is 5.32 Å². The number of rotatable bonds is 2. The lowest BCUT2D eigenvalue weighted by Crippen LogP contribution is -2.42. The zero-order valence-corrected chi connectivity index (χ0v) is 10.7. The van der Waals surface area contributed by atoms with Gasteiger partial charge >= 0.3 is 6.03 Å². The lowest BCUT2D eigenvalue weighted by molar-refractivity contribution is -0.117. The summed E-state index contributed by atoms with van der Waals surface area (Å²) in [5.41, 5.74) is 1.23. The van der Waals surface area contributed by atoms with E-state index in [1.807, 2.05) is 18.2 Å². The van der Waals surface area contributed by atoms with Crippen molar-refractivity contribution in [3.63, 3.8) is 0 Å². The number of hydrogen-bond donors (Lipinski definition) is 1. The number of nitrogens with one attached hydrogen (secondary N) is 1. The monoisotopic (exact) mass is 266 g/mol. The van der Waals surface area contributed by atoms with Gasteiger partial charge in [0.15, 0.2) is 0 Å². The van der Waals surface area contributed by atoms with E-state index in [-0.39, 0.29) is 11.9 Å². The third-order valence-electron chi connectivity index (χ3n) is 3.11. The highest BCUT2D eigenvalue weighted by Gasteiger charge is 2.27. The Morgan fingerprint density at radius 1 is 1.33 bits per heavy atom. The van der Waals surface area contributed by atoms with E-state index in [9.17, 15) is 9.59 Å². The van der Waals surface area contributed by atoms with Gasteiger partial charge < -0.3 is 4.90 Å². The second kappa shape index (κ2) is 5.87. The summed E-state index contributed by atoms with van der Waals surface area (Å²) in [4.78, 5) is 24.4. The summed E-state index contributed by atoms with van der Waals surface area (Å²) < 4.78 is 0. The molecule has 0 bridgehead atoms. The zero-order chi connectivity index (χ0) is 13.0. The minimum Gasteiger partial charge on any atom is -0.324 e. The summed E-state index contributed by atoms with van der Waals surface area (Å²) in [6.07, 6.45) is 0.923. The topological polar surface area (TPSA) is 49.4 Å². The average Bonchev–Trinajstić information content (AvgIpc) is 2.89. The van der Waals surface area contributed by atoms with Crippen LogP contribution in [0.15, 0.2) is 30.3 Å². The summed E-state index contributed by atoms with van der Waals surface area (Å²) in [5, 5.41) is 2.26. The van der Waals surface area contributed by atoms with E-state index < -0.39 is 5.91 Å². The first kappa shape index (κ1) is 12.9. The van der Waals surface area contributed by atoms with Crippen molar-refractivity contribution in [2.45, 2.75) is 12.3 Å². The first-order valence-electron chi connectivity index (χ1n) is 5.90. The van der Waals surface area contributed by atoms with Crippen molar-refractivity contribution in [3.05, 3.63) is 35.9 Å². The van der Waals surface area contributed by atoms with Crippen molar-refractivity contribution in [1.29, 1.82) is 0 Å². The minimum absolute atomic E-state index is 0.193. The lowest BCUT2D eigenvalue weighted by atomic mass is 9.99. The largest absolute Gasteiger partial charge is 0.324 e. The number of imide groups is 1. The number of urea groups is 1. The van der Waals surface area contributed by atoms with Gasteiger partial charge in [0.2, 0.25) is 5.91 Å². The van der Waals surface area contributed by atoms with Crippen LogP contribution in [-0.4, -0.2) is 35.8 Å². The third kappa shape index (κ3) is 3.01. The van der Waals surface area contributed by atoms with Crippen molar-refractivity contribution in [2.75, 3.05) is 19.0 Å². The van der Waals surface area contributed by atoms with Crippen LogP contribution in [-0.2, 0) is 4.79 Å². The van der Waals surface area contributed by atoms with Gasteiger partial charge in [-0.15, -0.1) is 11.6 Å². The number of hydrogen-bond acceptors (Lipinski definition) is 2. The van der Waals surface area contributed by atoms with Crippen LogP contribution in [0.2, 0.25) is 0 Å². The summed E-state index contributed by atoms with van der Waals surface area (Å²) in [6, 6.07) is 9.75. The number of carbonyl (C=O) groups excluding carboxylic acids is 2. The Bertz CT molecular complexity index is 436. The quantitative estimate of drug-likeness (QED) is 0.832. The molecule has 1 unspecified atom stereocenters. The highest BCUT2D eigenvalue weighted by atomic mass is 35.5. The number of halogens is 1. The Morgan fingerprint density at radius 3 is 2.72 bits per heavy atom. The van der Waals surface area contributed by atoms with Gasteiger partial charge in [0.25, 0.3) is 0 Å². The fourth-order valence-corrected chi connectivity index (χ4v) is 2.24. The molecule has 5 heteroatoms. The van der Waals surface area contributed by atoms with Crippen molar-refractivity contribution in [2.24, 2.45) is 0 Å². The Hall–Kier alpha value is -1.55. The first-order valence-corrected chi connectivity index (χ1v) is 6.44. The Balaban J connectivity index is 1.92. The molecule has 1 aliphatic heterocycles. The summed E-state index contributed by atoms with van der Waals surface area (Å²) in [5.74, 6) is -0.297. The van der Waals surface area contributed by atoms with Gasteiger partial charge in [-0.3, -0.25) is 10.1 Å². The maximum Gasteiger partial charge on any atom is 0.324 e. The van der Waals surface area contributed by atoms with E-state index in [1.165, 1.54) is 5.56 Å². The van der Waals surface area contributed by atoms with Crippen LogP contribution in [0.4, 0.5) is 4.79 Å². The van der Waals surface area contributed by atoms with Gasteiger partial charge in [0, 0.05) is 19.0 Å². The predicted molar refractivity (Wildman–Crippen MR) is 69.6 cm³/mol. The molecule has 1 N–H and O–H groups in total. The number of alkyl halides is 1. The molecule has 0 aromatic heterocycles. The zero-order valence-electron chi connectivity index (χ0n) is 9.93.